The highest BCUT2D eigenvalue weighted by Gasteiger charge is 2.16. The van der Waals surface area contributed by atoms with Crippen LogP contribution in [0.4, 0.5) is 0 Å². The summed E-state index contributed by atoms with van der Waals surface area (Å²) in [5.74, 6) is 0.599. The molecule has 6 bridgehead atoms. The molecule has 0 fully saturated rings. The predicted molar refractivity (Wildman–Crippen MR) is 204 cm³/mol. The molecule has 0 aliphatic heterocycles. The molecule has 232 valence electrons. The van der Waals surface area contributed by atoms with Crippen molar-refractivity contribution in [3.8, 4) is 22.5 Å². The van der Waals surface area contributed by atoms with E-state index in [0.29, 0.717) is 17.1 Å². The van der Waals surface area contributed by atoms with Gasteiger partial charge in [-0.25, -0.2) is 15.0 Å². The maximum Gasteiger partial charge on any atom is 0.164 e. The van der Waals surface area contributed by atoms with Crippen molar-refractivity contribution in [2.24, 2.45) is 0 Å². The number of furan rings is 2. The van der Waals surface area contributed by atoms with Crippen LogP contribution in [0, 0.1) is 0 Å². The Bertz CT molecular complexity index is 3230. The summed E-state index contributed by atoms with van der Waals surface area (Å²) in [6.45, 7) is 0. The van der Waals surface area contributed by atoms with E-state index in [4.69, 9.17) is 23.8 Å². The summed E-state index contributed by atoms with van der Waals surface area (Å²) in [7, 11) is 0. The molecule has 0 aliphatic carbocycles. The van der Waals surface area contributed by atoms with Crippen LogP contribution < -0.4 is 0 Å². The van der Waals surface area contributed by atoms with E-state index < -0.39 is 0 Å². The van der Waals surface area contributed by atoms with Crippen LogP contribution in [0.25, 0.3) is 110 Å². The van der Waals surface area contributed by atoms with E-state index in [1.54, 1.807) is 0 Å². The second-order valence-corrected chi connectivity index (χ2v) is 12.8. The molecule has 0 atom stereocenters. The number of hydrogen-bond donors (Lipinski definition) is 0. The van der Waals surface area contributed by atoms with Gasteiger partial charge in [0.2, 0.25) is 0 Å². The Morgan fingerprint density at radius 3 is 1.84 bits per heavy atom. The van der Waals surface area contributed by atoms with E-state index in [9.17, 15) is 0 Å². The van der Waals surface area contributed by atoms with Gasteiger partial charge < -0.3 is 8.83 Å². The van der Waals surface area contributed by atoms with Crippen molar-refractivity contribution < 1.29 is 8.83 Å². The van der Waals surface area contributed by atoms with Crippen LogP contribution in [0.5, 0.6) is 0 Å². The van der Waals surface area contributed by atoms with E-state index in [1.165, 1.54) is 0 Å². The van der Waals surface area contributed by atoms with Crippen molar-refractivity contribution >= 4 is 87.5 Å². The molecule has 11 rings (SSSR count). The summed E-state index contributed by atoms with van der Waals surface area (Å²) in [6.07, 6.45) is 0. The van der Waals surface area contributed by atoms with Crippen LogP contribution in [0.2, 0.25) is 0 Å². The number of fused-ring (bicyclic) bond motifs is 13. The molecule has 50 heavy (non-hydrogen) atoms. The molecule has 4 aromatic heterocycles. The first-order valence-corrected chi connectivity index (χ1v) is 16.7. The molecule has 0 unspecified atom stereocenters. The van der Waals surface area contributed by atoms with E-state index in [-0.39, 0.29) is 0 Å². The molecule has 5 nitrogen and oxygen atoms in total. The van der Waals surface area contributed by atoms with Crippen LogP contribution in [-0.4, -0.2) is 15.0 Å². The molecule has 0 aliphatic rings. The van der Waals surface area contributed by atoms with Crippen molar-refractivity contribution in [3.05, 3.63) is 152 Å². The van der Waals surface area contributed by atoms with Crippen molar-refractivity contribution in [2.45, 2.75) is 0 Å². The fraction of sp³-hybridized carbons (Fsp3) is 0. The van der Waals surface area contributed by atoms with Gasteiger partial charge in [-0.1, -0.05) is 109 Å². The zero-order valence-corrected chi connectivity index (χ0v) is 26.6. The van der Waals surface area contributed by atoms with Crippen molar-refractivity contribution in [1.29, 1.82) is 0 Å². The van der Waals surface area contributed by atoms with E-state index in [0.717, 1.165) is 92.9 Å². The summed E-state index contributed by atoms with van der Waals surface area (Å²) < 4.78 is 12.6. The highest BCUT2D eigenvalue weighted by atomic mass is 16.3. The third-order valence-electron chi connectivity index (χ3n) is 9.88. The fourth-order valence-corrected chi connectivity index (χ4v) is 7.59. The number of hydrogen-bond acceptors (Lipinski definition) is 5. The SMILES string of the molecule is c1cc(-c2nc3nc(n2)c2cccc4oc5ccc(cc5c42)c2ccccc2c2cccc3c2)cc(-c2cccc3oc4ccccc4c23)c1. The molecule has 7 aromatic carbocycles. The van der Waals surface area contributed by atoms with Gasteiger partial charge >= 0.3 is 0 Å². The van der Waals surface area contributed by atoms with Gasteiger partial charge in [-0.2, -0.15) is 0 Å². The zero-order valence-electron chi connectivity index (χ0n) is 26.6. The molecular weight excluding hydrogens is 615 g/mol. The number of aromatic nitrogens is 3. The normalized spacial score (nSPS) is 12.0. The first kappa shape index (κ1) is 27.1. The molecule has 11 aromatic rings. The van der Waals surface area contributed by atoms with E-state index >= 15 is 0 Å². The number of benzene rings is 7. The van der Waals surface area contributed by atoms with Crippen LogP contribution in [-0.2, 0) is 0 Å². The highest BCUT2D eigenvalue weighted by molar-refractivity contribution is 6.19. The third kappa shape index (κ3) is 4.04. The Labute approximate surface area is 284 Å². The van der Waals surface area contributed by atoms with Gasteiger partial charge in [0.05, 0.1) is 0 Å². The van der Waals surface area contributed by atoms with Crippen molar-refractivity contribution in [3.63, 3.8) is 0 Å². The Morgan fingerprint density at radius 1 is 0.340 bits per heavy atom. The third-order valence-corrected chi connectivity index (χ3v) is 9.88. The van der Waals surface area contributed by atoms with Crippen LogP contribution >= 0.6 is 0 Å². The zero-order chi connectivity index (χ0) is 32.8. The Balaban J connectivity index is 1.26. The summed E-state index contributed by atoms with van der Waals surface area (Å²) in [4.78, 5) is 15.5. The average Bonchev–Trinajstić information content (AvgIpc) is 3.76. The lowest BCUT2D eigenvalue weighted by Gasteiger charge is -2.08. The topological polar surface area (TPSA) is 65.0 Å². The monoisotopic (exact) mass is 639 g/mol. The van der Waals surface area contributed by atoms with Gasteiger partial charge in [0, 0.05) is 37.9 Å². The average molecular weight is 640 g/mol. The fourth-order valence-electron chi connectivity index (χ4n) is 7.59. The number of rotatable bonds is 2. The molecule has 0 saturated carbocycles. The van der Waals surface area contributed by atoms with E-state index in [1.807, 2.05) is 36.4 Å². The molecule has 0 amide bonds. The molecular formula is C45H25N3O2. The summed E-state index contributed by atoms with van der Waals surface area (Å²) in [6, 6.07) is 52.4. The van der Waals surface area contributed by atoms with Gasteiger partial charge in [0.15, 0.2) is 17.1 Å². The van der Waals surface area contributed by atoms with Gasteiger partial charge in [0.25, 0.3) is 0 Å². The molecule has 0 N–H and O–H groups in total. The second-order valence-electron chi connectivity index (χ2n) is 12.8. The summed E-state index contributed by atoms with van der Waals surface area (Å²) in [5, 5.41) is 10.5. The van der Waals surface area contributed by atoms with Crippen molar-refractivity contribution in [1.82, 2.24) is 15.0 Å². The van der Waals surface area contributed by atoms with Crippen molar-refractivity contribution in [2.75, 3.05) is 0 Å². The van der Waals surface area contributed by atoms with Gasteiger partial charge in [-0.15, -0.1) is 0 Å². The predicted octanol–water partition coefficient (Wildman–Crippen LogP) is 12.2. The summed E-state index contributed by atoms with van der Waals surface area (Å²) in [5.41, 5.74) is 7.62. The minimum Gasteiger partial charge on any atom is -0.456 e. The van der Waals surface area contributed by atoms with Crippen LogP contribution in [0.3, 0.4) is 0 Å². The minimum atomic E-state index is 0.596. The molecule has 0 saturated heterocycles. The van der Waals surface area contributed by atoms with Gasteiger partial charge in [-0.05, 0) is 75.1 Å². The molecule has 4 heterocycles. The molecule has 0 spiro atoms. The van der Waals surface area contributed by atoms with Gasteiger partial charge in [-0.3, -0.25) is 0 Å². The lowest BCUT2D eigenvalue weighted by molar-refractivity contribution is 0.668. The Hall–Kier alpha value is -6.85. The van der Waals surface area contributed by atoms with Crippen LogP contribution in [0.1, 0.15) is 0 Å². The smallest absolute Gasteiger partial charge is 0.164 e. The van der Waals surface area contributed by atoms with E-state index in [2.05, 4.69) is 115 Å². The van der Waals surface area contributed by atoms with Gasteiger partial charge in [0.1, 0.15) is 22.3 Å². The lowest BCUT2D eigenvalue weighted by Crippen LogP contribution is -1.95. The first-order valence-electron chi connectivity index (χ1n) is 16.7. The first-order chi connectivity index (χ1) is 24.7. The molecule has 5 heteroatoms. The quantitative estimate of drug-likeness (QED) is 0.188. The largest absolute Gasteiger partial charge is 0.456 e. The number of para-hydroxylation sites is 1. The number of nitrogens with zero attached hydrogens (tertiary/aromatic N) is 3. The standard InChI is InChI=1S/C45H25N3O2/c1-2-14-32-28-21-22-38-36(25-28)42-35(17-8-20-40(42)50-38)45-47-43(29-11-5-9-26(23-29)31(32)13-1)46-44(48-45)30-12-6-10-27(24-30)33-16-7-19-39-41(33)34-15-3-4-18-37(34)49-39/h1-25H. The lowest BCUT2D eigenvalue weighted by atomic mass is 9.98. The minimum absolute atomic E-state index is 0.596. The Morgan fingerprint density at radius 2 is 0.960 bits per heavy atom. The molecule has 0 radical (unpaired) electrons. The Kier molecular flexibility index (Phi) is 5.60. The highest BCUT2D eigenvalue weighted by Crippen LogP contribution is 2.39. The summed E-state index contributed by atoms with van der Waals surface area (Å²) >= 11 is 0. The maximum absolute atomic E-state index is 6.41. The second kappa shape index (κ2) is 10.3. The maximum atomic E-state index is 6.41. The van der Waals surface area contributed by atoms with Crippen LogP contribution in [0.15, 0.2) is 160 Å².